The van der Waals surface area contributed by atoms with Crippen LogP contribution < -0.4 is 0 Å². The lowest BCUT2D eigenvalue weighted by atomic mass is 9.98. The third-order valence-corrected chi connectivity index (χ3v) is 2.89. The maximum absolute atomic E-state index is 4.14. The summed E-state index contributed by atoms with van der Waals surface area (Å²) < 4.78 is 1.05. The van der Waals surface area contributed by atoms with Crippen LogP contribution in [0.4, 0.5) is 0 Å². The predicted molar refractivity (Wildman–Crippen MR) is 53.0 cm³/mol. The van der Waals surface area contributed by atoms with Crippen molar-refractivity contribution in [1.29, 1.82) is 0 Å². The number of halogens is 1. The number of nitrogens with zero attached hydrogens (tertiary/aromatic N) is 1. The van der Waals surface area contributed by atoms with Crippen LogP contribution in [0.15, 0.2) is 35.6 Å². The third kappa shape index (κ3) is 1.20. The molecule has 1 aromatic heterocycles. The molecule has 62 valence electrons. The Morgan fingerprint density at radius 3 is 2.75 bits per heavy atom. The van der Waals surface area contributed by atoms with E-state index in [1.807, 2.05) is 18.5 Å². The molecular weight excluding hydrogens is 214 g/mol. The van der Waals surface area contributed by atoms with Crippen LogP contribution >= 0.6 is 15.9 Å². The Labute approximate surface area is 80.6 Å². The lowest BCUT2D eigenvalue weighted by Crippen LogP contribution is -2.01. The molecule has 0 N–H and O–H groups in total. The van der Waals surface area contributed by atoms with Gasteiger partial charge < -0.3 is 0 Å². The van der Waals surface area contributed by atoms with E-state index < -0.39 is 0 Å². The lowest BCUT2D eigenvalue weighted by Gasteiger charge is -2.08. The molecule has 0 unspecified atom stereocenters. The van der Waals surface area contributed by atoms with Crippen LogP contribution in [-0.4, -0.2) is 4.98 Å². The summed E-state index contributed by atoms with van der Waals surface area (Å²) in [5.74, 6) is 0. The van der Waals surface area contributed by atoms with E-state index in [9.17, 15) is 0 Å². The van der Waals surface area contributed by atoms with E-state index in [2.05, 4.69) is 33.6 Å². The van der Waals surface area contributed by atoms with Gasteiger partial charge in [0.2, 0.25) is 0 Å². The highest BCUT2D eigenvalue weighted by molar-refractivity contribution is 9.10. The standard InChI is InChI=1S/C10H10BrN/c1-2-10(3-4-10)8-5-9(11)7-12-6-8/h2,5-7H,1,3-4H2. The van der Waals surface area contributed by atoms with Crippen molar-refractivity contribution in [3.8, 4) is 0 Å². The second-order valence-electron chi connectivity index (χ2n) is 3.25. The van der Waals surface area contributed by atoms with Gasteiger partial charge in [-0.3, -0.25) is 4.98 Å². The molecule has 12 heavy (non-hydrogen) atoms. The van der Waals surface area contributed by atoms with Gasteiger partial charge in [-0.1, -0.05) is 6.08 Å². The van der Waals surface area contributed by atoms with Crippen LogP contribution in [-0.2, 0) is 5.41 Å². The fourth-order valence-corrected chi connectivity index (χ4v) is 1.79. The van der Waals surface area contributed by atoms with Gasteiger partial charge >= 0.3 is 0 Å². The van der Waals surface area contributed by atoms with Gasteiger partial charge in [0.1, 0.15) is 0 Å². The van der Waals surface area contributed by atoms with Crippen molar-refractivity contribution in [2.24, 2.45) is 0 Å². The molecule has 1 aliphatic rings. The first-order valence-corrected chi connectivity index (χ1v) is 4.81. The topological polar surface area (TPSA) is 12.9 Å². The minimum Gasteiger partial charge on any atom is -0.263 e. The van der Waals surface area contributed by atoms with E-state index in [4.69, 9.17) is 0 Å². The first-order chi connectivity index (χ1) is 5.77. The van der Waals surface area contributed by atoms with Crippen molar-refractivity contribution >= 4 is 15.9 Å². The van der Waals surface area contributed by atoms with Gasteiger partial charge in [-0.2, -0.15) is 0 Å². The number of hydrogen-bond acceptors (Lipinski definition) is 1. The average molecular weight is 224 g/mol. The second-order valence-corrected chi connectivity index (χ2v) is 4.17. The molecule has 0 atom stereocenters. The molecule has 0 bridgehead atoms. The summed E-state index contributed by atoms with van der Waals surface area (Å²) in [6.45, 7) is 3.86. The van der Waals surface area contributed by atoms with Crippen molar-refractivity contribution in [1.82, 2.24) is 4.98 Å². The summed E-state index contributed by atoms with van der Waals surface area (Å²) in [4.78, 5) is 4.14. The van der Waals surface area contributed by atoms with Crippen molar-refractivity contribution in [3.05, 3.63) is 41.2 Å². The predicted octanol–water partition coefficient (Wildman–Crippen LogP) is 3.06. The summed E-state index contributed by atoms with van der Waals surface area (Å²) in [7, 11) is 0. The molecule has 0 saturated heterocycles. The largest absolute Gasteiger partial charge is 0.263 e. The molecule has 1 saturated carbocycles. The van der Waals surface area contributed by atoms with Gasteiger partial charge in [0, 0.05) is 22.3 Å². The second kappa shape index (κ2) is 2.70. The molecule has 0 aromatic carbocycles. The van der Waals surface area contributed by atoms with Gasteiger partial charge in [-0.15, -0.1) is 6.58 Å². The van der Waals surface area contributed by atoms with Gasteiger partial charge in [-0.05, 0) is 40.4 Å². The molecule has 0 amide bonds. The number of rotatable bonds is 2. The zero-order valence-corrected chi connectivity index (χ0v) is 8.34. The van der Waals surface area contributed by atoms with E-state index in [1.54, 1.807) is 0 Å². The Kier molecular flexibility index (Phi) is 1.80. The van der Waals surface area contributed by atoms with Crippen LogP contribution in [0.3, 0.4) is 0 Å². The molecule has 2 heteroatoms. The monoisotopic (exact) mass is 223 g/mol. The molecule has 1 heterocycles. The van der Waals surface area contributed by atoms with Crippen molar-refractivity contribution in [2.45, 2.75) is 18.3 Å². The molecule has 2 rings (SSSR count). The average Bonchev–Trinajstić information content (AvgIpc) is 2.84. The Balaban J connectivity index is 2.40. The Morgan fingerprint density at radius 1 is 1.50 bits per heavy atom. The fraction of sp³-hybridized carbons (Fsp3) is 0.300. The highest BCUT2D eigenvalue weighted by atomic mass is 79.9. The smallest absolute Gasteiger partial charge is 0.0410 e. The summed E-state index contributed by atoms with van der Waals surface area (Å²) >= 11 is 3.41. The first-order valence-electron chi connectivity index (χ1n) is 4.01. The quantitative estimate of drug-likeness (QED) is 0.703. The molecule has 1 fully saturated rings. The normalized spacial score (nSPS) is 18.8. The summed E-state index contributed by atoms with van der Waals surface area (Å²) in [6.07, 6.45) is 8.21. The van der Waals surface area contributed by atoms with Gasteiger partial charge in [0.05, 0.1) is 0 Å². The zero-order valence-electron chi connectivity index (χ0n) is 6.76. The minimum absolute atomic E-state index is 0.247. The van der Waals surface area contributed by atoms with Crippen molar-refractivity contribution in [2.75, 3.05) is 0 Å². The van der Waals surface area contributed by atoms with Gasteiger partial charge in [-0.25, -0.2) is 0 Å². The maximum atomic E-state index is 4.14. The van der Waals surface area contributed by atoms with Crippen LogP contribution in [0, 0.1) is 0 Å². The van der Waals surface area contributed by atoms with Crippen LogP contribution in [0.25, 0.3) is 0 Å². The van der Waals surface area contributed by atoms with E-state index in [0.717, 1.165) is 4.47 Å². The fourth-order valence-electron chi connectivity index (χ4n) is 1.43. The Morgan fingerprint density at radius 2 is 2.25 bits per heavy atom. The van der Waals surface area contributed by atoms with Crippen molar-refractivity contribution in [3.63, 3.8) is 0 Å². The van der Waals surface area contributed by atoms with Crippen LogP contribution in [0.2, 0.25) is 0 Å². The number of pyridine rings is 1. The number of aromatic nitrogens is 1. The molecular formula is C10H10BrN. The van der Waals surface area contributed by atoms with Crippen molar-refractivity contribution < 1.29 is 0 Å². The van der Waals surface area contributed by atoms with Crippen LogP contribution in [0.1, 0.15) is 18.4 Å². The Bertz CT molecular complexity index is 315. The lowest BCUT2D eigenvalue weighted by molar-refractivity contribution is 0.882. The molecule has 0 radical (unpaired) electrons. The molecule has 1 aromatic rings. The first kappa shape index (κ1) is 7.99. The molecule has 0 spiro atoms. The summed E-state index contributed by atoms with van der Waals surface area (Å²) in [5.41, 5.74) is 1.53. The summed E-state index contributed by atoms with van der Waals surface area (Å²) in [5, 5.41) is 0. The van der Waals surface area contributed by atoms with Gasteiger partial charge in [0.15, 0.2) is 0 Å². The van der Waals surface area contributed by atoms with E-state index >= 15 is 0 Å². The van der Waals surface area contributed by atoms with Gasteiger partial charge in [0.25, 0.3) is 0 Å². The molecule has 1 aliphatic carbocycles. The molecule has 0 aliphatic heterocycles. The third-order valence-electron chi connectivity index (χ3n) is 2.46. The highest BCUT2D eigenvalue weighted by Crippen LogP contribution is 2.49. The SMILES string of the molecule is C=CC1(c2cncc(Br)c2)CC1. The zero-order chi connectivity index (χ0) is 8.60. The maximum Gasteiger partial charge on any atom is 0.0410 e. The molecule has 1 nitrogen and oxygen atoms in total. The highest BCUT2D eigenvalue weighted by Gasteiger charge is 2.41. The van der Waals surface area contributed by atoms with Crippen LogP contribution in [0.5, 0.6) is 0 Å². The minimum atomic E-state index is 0.247. The summed E-state index contributed by atoms with van der Waals surface area (Å²) in [6, 6.07) is 2.13. The van der Waals surface area contributed by atoms with E-state index in [1.165, 1.54) is 18.4 Å². The Hall–Kier alpha value is -0.630. The number of hydrogen-bond donors (Lipinski definition) is 0. The van der Waals surface area contributed by atoms with E-state index in [-0.39, 0.29) is 5.41 Å². The number of allylic oxidation sites excluding steroid dienone is 1. The van der Waals surface area contributed by atoms with E-state index in [0.29, 0.717) is 0 Å².